The molecule has 0 aromatic heterocycles. The average molecular weight is 706 g/mol. The molecule has 4 nitrogen and oxygen atoms in total. The Morgan fingerprint density at radius 3 is 1.67 bits per heavy atom. The Balaban J connectivity index is -0.0000000178. The van der Waals surface area contributed by atoms with Crippen molar-refractivity contribution in [3.05, 3.63) is 23.1 Å². The second-order valence-corrected chi connectivity index (χ2v) is 1.68. The molecule has 0 saturated carbocycles. The summed E-state index contributed by atoms with van der Waals surface area (Å²) in [5.74, 6) is 0. The molecule has 0 heterocycles. The number of rotatable bonds is 1. The van der Waals surface area contributed by atoms with Crippen LogP contribution in [0.5, 0.6) is 0 Å². The molecule has 0 unspecified atom stereocenters. The molecule has 0 fully saturated rings. The monoisotopic (exact) mass is 706 g/mol. The minimum absolute atomic E-state index is 0. The smallest absolute Gasteiger partial charge is 0 e. The summed E-state index contributed by atoms with van der Waals surface area (Å²) in [7, 11) is 0. The van der Waals surface area contributed by atoms with E-state index in [1.165, 1.54) is 13.8 Å². The van der Waals surface area contributed by atoms with Crippen molar-refractivity contribution in [3.63, 3.8) is 0 Å². The second kappa shape index (κ2) is 15.7. The number of hydrogen-bond donors (Lipinski definition) is 0. The van der Waals surface area contributed by atoms with Gasteiger partial charge in [-0.15, -0.1) is 6.61 Å². The third-order valence-corrected chi connectivity index (χ3v) is 0.386. The van der Waals surface area contributed by atoms with Gasteiger partial charge in [0.15, 0.2) is 0 Å². The van der Waals surface area contributed by atoms with Crippen LogP contribution in [0.25, 0.3) is 11.1 Å². The Hall–Kier alpha value is -3.03. The number of nitrogens with one attached hydrogen (secondary N) is 1. The van der Waals surface area contributed by atoms with Gasteiger partial charge in [-0.1, -0.05) is 13.8 Å². The van der Waals surface area contributed by atoms with Gasteiger partial charge in [0, 0.05) is 2.85 Å². The van der Waals surface area contributed by atoms with Gasteiger partial charge >= 0.3 is 0 Å². The van der Waals surface area contributed by atoms with Crippen LogP contribution in [0.2, 0.25) is 0 Å². The molecule has 0 aliphatic heterocycles. The van der Waals surface area contributed by atoms with Crippen LogP contribution in [0.1, 0.15) is 16.7 Å². The summed E-state index contributed by atoms with van der Waals surface area (Å²) < 4.78 is 0. The summed E-state index contributed by atoms with van der Waals surface area (Å²) >= 11 is 0. The Morgan fingerprint density at radius 2 is 1.67 bits per heavy atom. The Bertz CT molecular complexity index is 133. The minimum atomic E-state index is -0.472. The maximum Gasteiger partial charge on any atom is 0 e. The van der Waals surface area contributed by atoms with E-state index in [1.54, 1.807) is 0 Å². The molecule has 0 rings (SSSR count). The molecular formula is C6H14Mt2N2O2-4. The number of nitrogens with zero attached hydrogens (tertiary/aromatic N) is 1. The molecule has 0 atom stereocenters. The van der Waals surface area contributed by atoms with Gasteiger partial charge < -0.3 is 21.4 Å². The van der Waals surface area contributed by atoms with Gasteiger partial charge in [0.05, 0.1) is 0 Å². The Labute approximate surface area is 63.5 Å². The van der Waals surface area contributed by atoms with Gasteiger partial charge in [0.25, 0.3) is 0 Å². The van der Waals surface area contributed by atoms with Crippen LogP contribution in [-0.2, 0) is 0 Å². The van der Waals surface area contributed by atoms with Gasteiger partial charge in [-0.3, -0.25) is 0 Å². The number of hydrogen-bond acceptors (Lipinski definition) is 2. The molecule has 0 amide bonds. The molecule has 68 valence electrons. The SMILES string of the molecule is CC(=[N-])C[O-].CC([NH-])=C[O-].[3HH].[3HH].[Mt].[Mt]. The van der Waals surface area contributed by atoms with Crippen molar-refractivity contribution >= 4 is 5.71 Å². The zero-order chi connectivity index (χ0) is 8.57. The van der Waals surface area contributed by atoms with Gasteiger partial charge in [0.2, 0.25) is 0 Å². The molecule has 6 heteroatoms. The van der Waals surface area contributed by atoms with Crippen molar-refractivity contribution in [2.24, 2.45) is 0 Å². The third-order valence-electron chi connectivity index (χ3n) is 0.386. The molecule has 0 aliphatic rings. The van der Waals surface area contributed by atoms with Gasteiger partial charge in [-0.05, 0) is 0 Å². The molecule has 0 aromatic carbocycles. The molecule has 0 saturated heterocycles. The summed E-state index contributed by atoms with van der Waals surface area (Å²) in [6, 6.07) is 0. The fraction of sp³-hybridized carbons (Fsp3) is 0.500. The van der Waals surface area contributed by atoms with E-state index in [0.717, 1.165) is 0 Å². The van der Waals surface area contributed by atoms with Crippen LogP contribution in [0.4, 0.5) is 0 Å². The van der Waals surface area contributed by atoms with Gasteiger partial charge in [-0.2, -0.15) is 12.0 Å². The molecule has 0 radical (unpaired) electrons. The predicted molar refractivity (Wildman–Crippen MR) is 41.2 cm³/mol. The van der Waals surface area contributed by atoms with Crippen molar-refractivity contribution in [2.45, 2.75) is 13.8 Å². The largest absolute Gasteiger partial charge is 0.879 e. The van der Waals surface area contributed by atoms with Crippen LogP contribution in [0.15, 0.2) is 12.0 Å². The first-order chi connectivity index (χ1) is 4.54. The van der Waals surface area contributed by atoms with E-state index in [9.17, 15) is 10.2 Å². The molecule has 0 spiro atoms. The molecule has 0 aromatic rings. The Kier molecular flexibility index (Phi) is 30.1. The Morgan fingerprint density at radius 1 is 1.50 bits per heavy atom. The summed E-state index contributed by atoms with van der Waals surface area (Å²) in [4.78, 5) is 0. The van der Waals surface area contributed by atoms with Crippen LogP contribution < -0.4 is 10.2 Å². The first-order valence-corrected chi connectivity index (χ1v) is 2.64. The average Bonchev–Trinajstić information content (AvgIpc) is 1.89. The fourth-order valence-electron chi connectivity index (χ4n) is 0. The van der Waals surface area contributed by atoms with Crippen molar-refractivity contribution < 1.29 is 13.1 Å². The zero-order valence-electron chi connectivity index (χ0n) is 7.46. The maximum atomic E-state index is 9.34. The predicted octanol–water partition coefficient (Wildman–Crippen LogP) is 0.129. The van der Waals surface area contributed by atoms with E-state index in [4.69, 9.17) is 11.1 Å². The molecular weight excluding hydrogens is 688 g/mol. The van der Waals surface area contributed by atoms with E-state index in [-0.39, 0.29) is 14.3 Å². The third kappa shape index (κ3) is 264. The molecule has 12 heavy (non-hydrogen) atoms. The van der Waals surface area contributed by atoms with E-state index >= 15 is 0 Å². The van der Waals surface area contributed by atoms with E-state index < -0.39 is 6.61 Å². The van der Waals surface area contributed by atoms with Crippen molar-refractivity contribution in [1.82, 2.24) is 0 Å². The first-order valence-electron chi connectivity index (χ1n) is 2.64. The summed E-state index contributed by atoms with van der Waals surface area (Å²) in [6.45, 7) is 2.35. The summed E-state index contributed by atoms with van der Waals surface area (Å²) in [6.07, 6.45) is 0.500. The maximum absolute atomic E-state index is 9.34. The topological polar surface area (TPSA) is 92.2 Å². The van der Waals surface area contributed by atoms with Crippen LogP contribution in [0.3, 0.4) is 0 Å². The first kappa shape index (κ1) is 23.1. The summed E-state index contributed by atoms with van der Waals surface area (Å²) in [5, 5.41) is 26.6. The molecule has 0 bridgehead atoms. The van der Waals surface area contributed by atoms with Gasteiger partial charge in [-0.25, -0.2) is 5.71 Å². The van der Waals surface area contributed by atoms with Crippen LogP contribution in [0, 0.1) is 0 Å². The number of allylic oxidation sites excluding steroid dienone is 1. The van der Waals surface area contributed by atoms with E-state index in [0.29, 0.717) is 6.26 Å². The molecule has 0 aliphatic carbocycles. The molecule has 1 N–H and O–H groups in total. The standard InChI is InChI=1S/C3H6NO.C3H5NO.2Mt.2H2/c2*1-3(4)2-5;;;;/h2,4-5H,1H3;2H2,1H3;;;2*1H/q-1;-2;;;;/p-1/i;;;;2*1+2. The van der Waals surface area contributed by atoms with Crippen molar-refractivity contribution in [1.29, 1.82) is 0 Å². The normalized spacial score (nSPS) is 8.08. The zero-order valence-corrected chi connectivity index (χ0v) is 20.6. The van der Waals surface area contributed by atoms with Gasteiger partial charge in [0.1, 0.15) is 0 Å². The van der Waals surface area contributed by atoms with Crippen LogP contribution >= 0.6 is 0 Å². The summed E-state index contributed by atoms with van der Waals surface area (Å²) in [5.41, 5.74) is 6.40. The van der Waals surface area contributed by atoms with Crippen molar-refractivity contribution in [3.8, 4) is 0 Å². The quantitative estimate of drug-likeness (QED) is 0.287. The van der Waals surface area contributed by atoms with Crippen LogP contribution in [-0.4, -0.2) is 12.3 Å². The second-order valence-electron chi connectivity index (χ2n) is 1.68. The van der Waals surface area contributed by atoms with E-state index in [2.05, 4.69) is 0 Å². The van der Waals surface area contributed by atoms with Crippen molar-refractivity contribution in [2.75, 3.05) is 6.61 Å². The van der Waals surface area contributed by atoms with E-state index in [1.807, 2.05) is 0 Å². The fourth-order valence-corrected chi connectivity index (χ4v) is 0. The minimum Gasteiger partial charge on any atom is -0.879 e.